The highest BCUT2D eigenvalue weighted by Gasteiger charge is 2.17. The standard InChI is InChI=1S/C18H16ClN3O3S2/c1-11-16(26-18(20-11)12-5-3-6-13(19)9-12)17(23)21-14-7-4-8-15(10-14)22-27(2,24)25/h3-10,22H,1-2H3,(H,21,23). The Kier molecular flexibility index (Phi) is 5.50. The van der Waals surface area contributed by atoms with Crippen LogP contribution in [0.3, 0.4) is 0 Å². The molecule has 1 heterocycles. The zero-order valence-electron chi connectivity index (χ0n) is 14.5. The Balaban J connectivity index is 1.82. The van der Waals surface area contributed by atoms with E-state index in [0.29, 0.717) is 32.0 Å². The van der Waals surface area contributed by atoms with Crippen molar-refractivity contribution in [2.75, 3.05) is 16.3 Å². The highest BCUT2D eigenvalue weighted by atomic mass is 35.5. The van der Waals surface area contributed by atoms with E-state index in [4.69, 9.17) is 11.6 Å². The molecule has 1 aromatic heterocycles. The van der Waals surface area contributed by atoms with Crippen molar-refractivity contribution in [2.24, 2.45) is 0 Å². The molecule has 0 radical (unpaired) electrons. The van der Waals surface area contributed by atoms with E-state index >= 15 is 0 Å². The van der Waals surface area contributed by atoms with Crippen LogP contribution in [0.4, 0.5) is 11.4 Å². The first kappa shape index (κ1) is 19.3. The Bertz CT molecular complexity index is 1110. The van der Waals surface area contributed by atoms with Gasteiger partial charge in [0, 0.05) is 16.3 Å². The topological polar surface area (TPSA) is 88.2 Å². The van der Waals surface area contributed by atoms with Crippen LogP contribution in [0.2, 0.25) is 5.02 Å². The van der Waals surface area contributed by atoms with Gasteiger partial charge in [-0.1, -0.05) is 29.8 Å². The van der Waals surface area contributed by atoms with Gasteiger partial charge in [-0.15, -0.1) is 11.3 Å². The SMILES string of the molecule is Cc1nc(-c2cccc(Cl)c2)sc1C(=O)Nc1cccc(NS(C)(=O)=O)c1. The fourth-order valence-corrected chi connectivity index (χ4v) is 4.12. The highest BCUT2D eigenvalue weighted by Crippen LogP contribution is 2.30. The molecule has 0 saturated heterocycles. The number of rotatable bonds is 5. The molecule has 0 saturated carbocycles. The van der Waals surface area contributed by atoms with E-state index in [9.17, 15) is 13.2 Å². The van der Waals surface area contributed by atoms with Gasteiger partial charge in [-0.2, -0.15) is 0 Å². The number of carbonyl (C=O) groups is 1. The molecule has 2 aromatic carbocycles. The third-order valence-electron chi connectivity index (χ3n) is 3.50. The molecule has 0 aliphatic heterocycles. The van der Waals surface area contributed by atoms with Crippen molar-refractivity contribution in [1.29, 1.82) is 0 Å². The molecule has 6 nitrogen and oxygen atoms in total. The summed E-state index contributed by atoms with van der Waals surface area (Å²) in [6, 6.07) is 13.8. The summed E-state index contributed by atoms with van der Waals surface area (Å²) in [4.78, 5) is 17.6. The lowest BCUT2D eigenvalue weighted by molar-refractivity contribution is 0.103. The normalized spacial score (nSPS) is 11.2. The molecule has 2 N–H and O–H groups in total. The smallest absolute Gasteiger partial charge is 0.267 e. The Morgan fingerprint density at radius 2 is 1.81 bits per heavy atom. The van der Waals surface area contributed by atoms with Crippen LogP contribution < -0.4 is 10.0 Å². The number of hydrogen-bond donors (Lipinski definition) is 2. The molecule has 0 bridgehead atoms. The molecule has 1 amide bonds. The Morgan fingerprint density at radius 1 is 1.11 bits per heavy atom. The number of aromatic nitrogens is 1. The molecule has 3 rings (SSSR count). The summed E-state index contributed by atoms with van der Waals surface area (Å²) in [5.41, 5.74) is 2.30. The maximum Gasteiger partial charge on any atom is 0.267 e. The minimum absolute atomic E-state index is 0.310. The summed E-state index contributed by atoms with van der Waals surface area (Å²) in [6.45, 7) is 1.76. The zero-order chi connectivity index (χ0) is 19.6. The van der Waals surface area contributed by atoms with E-state index in [0.717, 1.165) is 11.8 Å². The predicted octanol–water partition coefficient (Wildman–Crippen LogP) is 4.40. The second-order valence-electron chi connectivity index (χ2n) is 5.85. The molecule has 9 heteroatoms. The van der Waals surface area contributed by atoms with Crippen LogP contribution in [0.15, 0.2) is 48.5 Å². The number of nitrogens with one attached hydrogen (secondary N) is 2. The molecule has 3 aromatic rings. The van der Waals surface area contributed by atoms with E-state index in [1.54, 1.807) is 43.3 Å². The van der Waals surface area contributed by atoms with Gasteiger partial charge in [-0.05, 0) is 37.3 Å². The lowest BCUT2D eigenvalue weighted by atomic mass is 10.2. The van der Waals surface area contributed by atoms with Crippen LogP contribution in [-0.4, -0.2) is 25.6 Å². The quantitative estimate of drug-likeness (QED) is 0.639. The van der Waals surface area contributed by atoms with Gasteiger partial charge in [0.25, 0.3) is 5.91 Å². The maximum atomic E-state index is 12.6. The van der Waals surface area contributed by atoms with Crippen LogP contribution >= 0.6 is 22.9 Å². The van der Waals surface area contributed by atoms with Gasteiger partial charge in [-0.3, -0.25) is 9.52 Å². The van der Waals surface area contributed by atoms with Crippen LogP contribution in [0.25, 0.3) is 10.6 Å². The number of thiazole rings is 1. The fourth-order valence-electron chi connectivity index (χ4n) is 2.41. The van der Waals surface area contributed by atoms with Gasteiger partial charge in [-0.25, -0.2) is 13.4 Å². The van der Waals surface area contributed by atoms with Crippen LogP contribution in [0, 0.1) is 6.92 Å². The van der Waals surface area contributed by atoms with E-state index in [-0.39, 0.29) is 5.91 Å². The lowest BCUT2D eigenvalue weighted by Gasteiger charge is -2.08. The largest absolute Gasteiger partial charge is 0.321 e. The monoisotopic (exact) mass is 421 g/mol. The zero-order valence-corrected chi connectivity index (χ0v) is 16.9. The summed E-state index contributed by atoms with van der Waals surface area (Å²) >= 11 is 7.29. The minimum Gasteiger partial charge on any atom is -0.321 e. The summed E-state index contributed by atoms with van der Waals surface area (Å²) in [5, 5.41) is 4.07. The first-order chi connectivity index (χ1) is 12.7. The molecular weight excluding hydrogens is 406 g/mol. The van der Waals surface area contributed by atoms with Gasteiger partial charge in [0.15, 0.2) is 0 Å². The average molecular weight is 422 g/mol. The second kappa shape index (κ2) is 7.67. The van der Waals surface area contributed by atoms with Crippen molar-refractivity contribution in [3.63, 3.8) is 0 Å². The second-order valence-corrected chi connectivity index (χ2v) is 9.04. The van der Waals surface area contributed by atoms with E-state index < -0.39 is 10.0 Å². The van der Waals surface area contributed by atoms with Gasteiger partial charge < -0.3 is 5.32 Å². The van der Waals surface area contributed by atoms with Crippen molar-refractivity contribution >= 4 is 50.2 Å². The number of sulfonamides is 1. The number of anilines is 2. The van der Waals surface area contributed by atoms with Gasteiger partial charge >= 0.3 is 0 Å². The Labute approximate surface area is 166 Å². The number of nitrogens with zero attached hydrogens (tertiary/aromatic N) is 1. The summed E-state index contributed by atoms with van der Waals surface area (Å²) in [7, 11) is -3.39. The molecule has 140 valence electrons. The number of hydrogen-bond acceptors (Lipinski definition) is 5. The summed E-state index contributed by atoms with van der Waals surface area (Å²) in [5.74, 6) is -0.310. The number of benzene rings is 2. The third-order valence-corrected chi connectivity index (χ3v) is 5.54. The molecule has 0 fully saturated rings. The van der Waals surface area contributed by atoms with E-state index in [1.807, 2.05) is 12.1 Å². The number of amides is 1. The minimum atomic E-state index is -3.39. The number of carbonyl (C=O) groups excluding carboxylic acids is 1. The highest BCUT2D eigenvalue weighted by molar-refractivity contribution is 7.92. The fraction of sp³-hybridized carbons (Fsp3) is 0.111. The average Bonchev–Trinajstić information content (AvgIpc) is 2.95. The number of halogens is 1. The first-order valence-corrected chi connectivity index (χ1v) is 10.9. The lowest BCUT2D eigenvalue weighted by Crippen LogP contribution is -2.13. The van der Waals surface area contributed by atoms with Crippen LogP contribution in [0.5, 0.6) is 0 Å². The third kappa shape index (κ3) is 5.06. The Hall–Kier alpha value is -2.42. The van der Waals surface area contributed by atoms with Crippen molar-refractivity contribution in [3.05, 3.63) is 64.1 Å². The van der Waals surface area contributed by atoms with Crippen molar-refractivity contribution in [3.8, 4) is 10.6 Å². The van der Waals surface area contributed by atoms with Gasteiger partial charge in [0.2, 0.25) is 10.0 Å². The molecule has 0 aliphatic carbocycles. The van der Waals surface area contributed by atoms with Crippen LogP contribution in [-0.2, 0) is 10.0 Å². The maximum absolute atomic E-state index is 12.6. The predicted molar refractivity (Wildman–Crippen MR) is 110 cm³/mol. The molecule has 27 heavy (non-hydrogen) atoms. The molecule has 0 aliphatic rings. The first-order valence-electron chi connectivity index (χ1n) is 7.84. The van der Waals surface area contributed by atoms with Gasteiger partial charge in [0.1, 0.15) is 9.88 Å². The van der Waals surface area contributed by atoms with Gasteiger partial charge in [0.05, 0.1) is 17.6 Å². The van der Waals surface area contributed by atoms with Crippen molar-refractivity contribution < 1.29 is 13.2 Å². The van der Waals surface area contributed by atoms with E-state index in [2.05, 4.69) is 15.0 Å². The van der Waals surface area contributed by atoms with Crippen LogP contribution in [0.1, 0.15) is 15.4 Å². The van der Waals surface area contributed by atoms with Crippen molar-refractivity contribution in [2.45, 2.75) is 6.92 Å². The van der Waals surface area contributed by atoms with E-state index in [1.165, 1.54) is 11.3 Å². The summed E-state index contributed by atoms with van der Waals surface area (Å²) < 4.78 is 25.1. The molecule has 0 spiro atoms. The summed E-state index contributed by atoms with van der Waals surface area (Å²) in [6.07, 6.45) is 1.07. The number of aryl methyl sites for hydroxylation is 1. The molecule has 0 unspecified atom stereocenters. The Morgan fingerprint density at radius 3 is 2.52 bits per heavy atom. The molecule has 0 atom stereocenters. The molecular formula is C18H16ClN3O3S2. The van der Waals surface area contributed by atoms with Crippen molar-refractivity contribution in [1.82, 2.24) is 4.98 Å².